The largest absolute Gasteiger partial charge is 0.478 e. The van der Waals surface area contributed by atoms with Gasteiger partial charge < -0.3 is 35.1 Å². The number of aromatic carboxylic acids is 1. The molecule has 0 unspecified atom stereocenters. The number of rotatable bonds is 7. The number of nitrogens with one attached hydrogen (secondary N) is 3. The number of methoxy groups -OCH3 is 2. The van der Waals surface area contributed by atoms with Gasteiger partial charge in [-0.1, -0.05) is 94.5 Å². The highest BCUT2D eigenvalue weighted by Crippen LogP contribution is 2.23. The van der Waals surface area contributed by atoms with E-state index in [9.17, 15) is 28.8 Å². The van der Waals surface area contributed by atoms with E-state index in [0.29, 0.717) is 39.4 Å². The number of carboxylic acids is 1. The minimum Gasteiger partial charge on any atom is -0.478 e. The number of benzene rings is 4. The first kappa shape index (κ1) is 67.2. The first-order valence-corrected chi connectivity index (χ1v) is 20.6. The van der Waals surface area contributed by atoms with Crippen LogP contribution < -0.4 is 21.7 Å². The van der Waals surface area contributed by atoms with Crippen molar-refractivity contribution in [1.82, 2.24) is 0 Å². The lowest BCUT2D eigenvalue weighted by molar-refractivity contribution is 0.0591. The minimum atomic E-state index is -1.02. The second kappa shape index (κ2) is 36.6. The Labute approximate surface area is 388 Å². The maximum atomic E-state index is 12.5. The highest BCUT2D eigenvalue weighted by molar-refractivity contribution is 6.07. The first-order valence-electron chi connectivity index (χ1n) is 20.6. The molecule has 3 amide bonds. The summed E-state index contributed by atoms with van der Waals surface area (Å²) < 4.78 is 19.4. The Hall–Kier alpha value is -6.90. The van der Waals surface area contributed by atoms with E-state index in [1.54, 1.807) is 90.1 Å². The fraction of sp³-hybridized carbons (Fsp3) is 0.400. The smallest absolute Gasteiger partial charge is 0.412 e. The van der Waals surface area contributed by atoms with Crippen molar-refractivity contribution in [2.75, 3.05) is 35.9 Å². The first-order chi connectivity index (χ1) is 29.7. The molecule has 0 saturated heterocycles. The Balaban J connectivity index is -0.000000270. The van der Waals surface area contributed by atoms with Gasteiger partial charge in [-0.15, -0.1) is 0 Å². The summed E-state index contributed by atoms with van der Waals surface area (Å²) in [7, 11) is 2.56. The van der Waals surface area contributed by atoms with E-state index in [-0.39, 0.29) is 26.3 Å². The van der Waals surface area contributed by atoms with Crippen LogP contribution in [-0.2, 0) is 18.9 Å². The number of carbonyl (C=O) groups is 6. The molecule has 15 nitrogen and oxygen atoms in total. The maximum absolute atomic E-state index is 12.5. The molecular weight excluding hydrogens is 833 g/mol. The van der Waals surface area contributed by atoms with Gasteiger partial charge in [-0.2, -0.15) is 0 Å². The number of para-hydroxylation sites is 4. The number of amides is 3. The molecule has 364 valence electrons. The van der Waals surface area contributed by atoms with Gasteiger partial charge in [-0.05, 0) is 114 Å². The van der Waals surface area contributed by atoms with Crippen LogP contribution >= 0.6 is 0 Å². The van der Waals surface area contributed by atoms with Crippen LogP contribution in [0.15, 0.2) is 97.1 Å². The van der Waals surface area contributed by atoms with Gasteiger partial charge >= 0.3 is 30.1 Å². The van der Waals surface area contributed by atoms with Gasteiger partial charge in [0.05, 0.1) is 53.7 Å². The Bertz CT molecular complexity index is 1950. The summed E-state index contributed by atoms with van der Waals surface area (Å²) in [4.78, 5) is 68.6. The van der Waals surface area contributed by atoms with Crippen LogP contribution in [0.4, 0.5) is 32.3 Å². The van der Waals surface area contributed by atoms with E-state index in [1.807, 2.05) is 55.4 Å². The monoisotopic (exact) mass is 911 g/mol. The molecule has 0 aliphatic heterocycles. The van der Waals surface area contributed by atoms with Crippen molar-refractivity contribution in [3.63, 3.8) is 0 Å². The zero-order valence-corrected chi connectivity index (χ0v) is 39.8. The van der Waals surface area contributed by atoms with E-state index in [0.717, 1.165) is 0 Å². The predicted octanol–water partition coefficient (Wildman–Crippen LogP) is 13.2. The molecular formula is C50H78N4O11. The number of nitrogen functional groups attached to an aromatic ring is 1. The summed E-state index contributed by atoms with van der Waals surface area (Å²) in [6, 6.07) is 25.4. The van der Waals surface area contributed by atoms with E-state index in [1.165, 1.54) is 62.8 Å². The third-order valence-corrected chi connectivity index (χ3v) is 6.53. The quantitative estimate of drug-likeness (QED) is 0.0664. The zero-order chi connectivity index (χ0) is 49.3. The van der Waals surface area contributed by atoms with Crippen molar-refractivity contribution in [2.45, 2.75) is 123 Å². The number of anilines is 4. The molecule has 0 spiro atoms. The molecule has 0 radical (unpaired) electrons. The standard InChI is InChI=1S/C20H22N2O5.C11H16N2O2.C9H8O4.4C2H6.2CH4/c1-20(2,3)27-19(25)22-16-8-6-5-7-15(16)21-17(23)13-9-11-14(12-10-13)18(24)26-4;1-11(2,3)15-10(14)13-9-7-5-4-6-8(9)12;1-13-9(12)7-4-2-6(3-5-7)8(10)11;4*1-2;;/h5-12H,1-4H3,(H,21,23)(H,22,25);4-7H,12H2,1-3H3,(H,13,14);2-5H,1H3,(H,10,11);4*1-2H3;2*1H4. The highest BCUT2D eigenvalue weighted by atomic mass is 16.6. The highest BCUT2D eigenvalue weighted by Gasteiger charge is 2.19. The van der Waals surface area contributed by atoms with Crippen LogP contribution in [-0.4, -0.2) is 66.5 Å². The maximum Gasteiger partial charge on any atom is 0.412 e. The third-order valence-electron chi connectivity index (χ3n) is 6.53. The van der Waals surface area contributed by atoms with Crippen LogP contribution in [0, 0.1) is 0 Å². The van der Waals surface area contributed by atoms with Gasteiger partial charge in [0.1, 0.15) is 11.2 Å². The van der Waals surface area contributed by atoms with E-state index < -0.39 is 41.3 Å². The molecule has 4 aromatic carbocycles. The number of carboxylic acid groups (broad SMARTS) is 1. The summed E-state index contributed by atoms with van der Waals surface area (Å²) in [5, 5.41) is 16.5. The van der Waals surface area contributed by atoms with Crippen molar-refractivity contribution in [3.05, 3.63) is 119 Å². The zero-order valence-electron chi connectivity index (χ0n) is 39.8. The summed E-state index contributed by atoms with van der Waals surface area (Å²) in [5.74, 6) is -2.35. The average Bonchev–Trinajstić information content (AvgIpc) is 3.26. The molecule has 4 aromatic rings. The van der Waals surface area contributed by atoms with Crippen molar-refractivity contribution < 1.29 is 52.8 Å². The van der Waals surface area contributed by atoms with Crippen LogP contribution in [0.5, 0.6) is 0 Å². The van der Waals surface area contributed by atoms with Gasteiger partial charge in [0.2, 0.25) is 0 Å². The number of nitrogens with two attached hydrogens (primary N) is 1. The van der Waals surface area contributed by atoms with Gasteiger partial charge in [0.15, 0.2) is 0 Å². The topological polar surface area (TPSA) is 222 Å². The molecule has 0 atom stereocenters. The Morgan fingerprint density at radius 2 is 0.754 bits per heavy atom. The average molecular weight is 911 g/mol. The number of esters is 2. The normalized spacial score (nSPS) is 9.17. The van der Waals surface area contributed by atoms with Gasteiger partial charge in [-0.25, -0.2) is 24.0 Å². The molecule has 0 aromatic heterocycles. The summed E-state index contributed by atoms with van der Waals surface area (Å²) >= 11 is 0. The second-order valence-electron chi connectivity index (χ2n) is 13.3. The lowest BCUT2D eigenvalue weighted by Crippen LogP contribution is -2.27. The van der Waals surface area contributed by atoms with Gasteiger partial charge in [0, 0.05) is 5.56 Å². The molecule has 4 rings (SSSR count). The van der Waals surface area contributed by atoms with Crippen LogP contribution in [0.2, 0.25) is 0 Å². The van der Waals surface area contributed by atoms with Crippen molar-refractivity contribution in [2.24, 2.45) is 0 Å². The van der Waals surface area contributed by atoms with Crippen LogP contribution in [0.25, 0.3) is 0 Å². The summed E-state index contributed by atoms with van der Waals surface area (Å²) in [6.07, 6.45) is -1.12. The summed E-state index contributed by atoms with van der Waals surface area (Å²) in [6.45, 7) is 26.7. The van der Waals surface area contributed by atoms with Crippen molar-refractivity contribution in [3.8, 4) is 0 Å². The molecule has 0 saturated carbocycles. The SMILES string of the molecule is C.C.CC.CC.CC.CC.CC(C)(C)OC(=O)Nc1ccccc1N.COC(=O)c1ccc(C(=O)Nc2ccccc2NC(=O)OC(C)(C)C)cc1.COC(=O)c1ccc(C(=O)O)cc1. The van der Waals surface area contributed by atoms with E-state index in [2.05, 4.69) is 25.4 Å². The lowest BCUT2D eigenvalue weighted by Gasteiger charge is -2.20. The Morgan fingerprint density at radius 3 is 1.08 bits per heavy atom. The summed E-state index contributed by atoms with van der Waals surface area (Å²) in [5.41, 5.74) is 7.62. The second-order valence-corrected chi connectivity index (χ2v) is 13.3. The molecule has 0 bridgehead atoms. The molecule has 0 heterocycles. The molecule has 0 fully saturated rings. The fourth-order valence-electron chi connectivity index (χ4n) is 4.08. The molecule has 65 heavy (non-hydrogen) atoms. The predicted molar refractivity (Wildman–Crippen MR) is 266 cm³/mol. The Kier molecular flexibility index (Phi) is 37.8. The van der Waals surface area contributed by atoms with E-state index >= 15 is 0 Å². The van der Waals surface area contributed by atoms with Crippen molar-refractivity contribution >= 4 is 58.8 Å². The number of ether oxygens (including phenoxy) is 4. The molecule has 0 aliphatic rings. The molecule has 6 N–H and O–H groups in total. The third kappa shape index (κ3) is 29.2. The number of carbonyl (C=O) groups excluding carboxylic acids is 5. The van der Waals surface area contributed by atoms with E-state index in [4.69, 9.17) is 20.3 Å². The van der Waals surface area contributed by atoms with Crippen LogP contribution in [0.3, 0.4) is 0 Å². The van der Waals surface area contributed by atoms with Gasteiger partial charge in [0.25, 0.3) is 5.91 Å². The number of hydrogen-bond donors (Lipinski definition) is 5. The lowest BCUT2D eigenvalue weighted by atomic mass is 10.1. The van der Waals surface area contributed by atoms with Gasteiger partial charge in [-0.3, -0.25) is 15.4 Å². The Morgan fingerprint density at radius 1 is 0.462 bits per heavy atom. The minimum absolute atomic E-state index is 0. The fourth-order valence-corrected chi connectivity index (χ4v) is 4.08. The molecule has 0 aliphatic carbocycles. The van der Waals surface area contributed by atoms with Crippen molar-refractivity contribution in [1.29, 1.82) is 0 Å². The number of hydrogen-bond acceptors (Lipinski definition) is 11. The van der Waals surface area contributed by atoms with Crippen LogP contribution in [0.1, 0.15) is 153 Å². The molecule has 15 heteroatoms.